The molecule has 1 nitrogen and oxygen atoms in total. The molecule has 84 valence electrons. The van der Waals surface area contributed by atoms with Gasteiger partial charge in [0, 0.05) is 6.04 Å². The molecule has 2 rings (SSSR count). The quantitative estimate of drug-likeness (QED) is 0.845. The highest BCUT2D eigenvalue weighted by molar-refractivity contribution is 5.85. The van der Waals surface area contributed by atoms with E-state index in [0.29, 0.717) is 0 Å². The zero-order chi connectivity index (χ0) is 10.1. The van der Waals surface area contributed by atoms with E-state index < -0.39 is 0 Å². The summed E-state index contributed by atoms with van der Waals surface area (Å²) in [4.78, 5) is 0. The van der Waals surface area contributed by atoms with E-state index in [-0.39, 0.29) is 24.3 Å². The van der Waals surface area contributed by atoms with Gasteiger partial charge >= 0.3 is 0 Å². The summed E-state index contributed by atoms with van der Waals surface area (Å²) >= 11 is 0. The second kappa shape index (κ2) is 4.95. The van der Waals surface area contributed by atoms with Crippen LogP contribution in [0.15, 0.2) is 18.2 Å². The Morgan fingerprint density at radius 3 is 2.73 bits per heavy atom. The SMILES string of the molecule is Cc1ccc(F)cc1[C@@H](N)CC1CC1.Cl. The molecule has 1 aromatic rings. The van der Waals surface area contributed by atoms with Gasteiger partial charge in [-0.05, 0) is 42.5 Å². The van der Waals surface area contributed by atoms with Crippen molar-refractivity contribution >= 4 is 12.4 Å². The molecule has 1 fully saturated rings. The first-order valence-electron chi connectivity index (χ1n) is 5.18. The minimum absolute atomic E-state index is 0. The summed E-state index contributed by atoms with van der Waals surface area (Å²) in [6.07, 6.45) is 3.59. The van der Waals surface area contributed by atoms with Crippen molar-refractivity contribution in [2.24, 2.45) is 11.7 Å². The lowest BCUT2D eigenvalue weighted by atomic mass is 9.97. The lowest BCUT2D eigenvalue weighted by molar-refractivity contribution is 0.580. The molecule has 0 unspecified atom stereocenters. The molecule has 0 heterocycles. The summed E-state index contributed by atoms with van der Waals surface area (Å²) in [7, 11) is 0. The predicted octanol–water partition coefficient (Wildman–Crippen LogP) is 3.36. The summed E-state index contributed by atoms with van der Waals surface area (Å²) in [6, 6.07) is 4.88. The van der Waals surface area contributed by atoms with E-state index in [1.54, 1.807) is 12.1 Å². The summed E-state index contributed by atoms with van der Waals surface area (Å²) in [5.74, 6) is 0.601. The molecular weight excluding hydrogens is 213 g/mol. The monoisotopic (exact) mass is 229 g/mol. The van der Waals surface area contributed by atoms with Gasteiger partial charge in [-0.25, -0.2) is 4.39 Å². The molecule has 0 aliphatic heterocycles. The largest absolute Gasteiger partial charge is 0.324 e. The lowest BCUT2D eigenvalue weighted by Gasteiger charge is -2.14. The van der Waals surface area contributed by atoms with Crippen LogP contribution in [0.25, 0.3) is 0 Å². The van der Waals surface area contributed by atoms with Crippen molar-refractivity contribution in [3.8, 4) is 0 Å². The van der Waals surface area contributed by atoms with Gasteiger partial charge in [0.15, 0.2) is 0 Å². The van der Waals surface area contributed by atoms with E-state index >= 15 is 0 Å². The number of benzene rings is 1. The maximum Gasteiger partial charge on any atom is 0.123 e. The van der Waals surface area contributed by atoms with Gasteiger partial charge in [0.05, 0.1) is 0 Å². The Morgan fingerprint density at radius 2 is 2.13 bits per heavy atom. The number of halogens is 2. The normalized spacial score (nSPS) is 17.0. The van der Waals surface area contributed by atoms with E-state index in [1.807, 2.05) is 6.92 Å². The Hall–Kier alpha value is -0.600. The Balaban J connectivity index is 0.00000112. The van der Waals surface area contributed by atoms with Gasteiger partial charge in [-0.3, -0.25) is 0 Å². The Labute approximate surface area is 96.3 Å². The van der Waals surface area contributed by atoms with Gasteiger partial charge < -0.3 is 5.73 Å². The van der Waals surface area contributed by atoms with Gasteiger partial charge in [0.1, 0.15) is 5.82 Å². The number of rotatable bonds is 3. The van der Waals surface area contributed by atoms with E-state index in [4.69, 9.17) is 5.73 Å². The van der Waals surface area contributed by atoms with Crippen LogP contribution in [0.3, 0.4) is 0 Å². The Bertz CT molecular complexity index is 336. The molecule has 1 aromatic carbocycles. The fraction of sp³-hybridized carbons (Fsp3) is 0.500. The summed E-state index contributed by atoms with van der Waals surface area (Å²) in [6.45, 7) is 1.99. The third-order valence-corrected chi connectivity index (χ3v) is 2.92. The lowest BCUT2D eigenvalue weighted by Crippen LogP contribution is -2.12. The molecule has 2 N–H and O–H groups in total. The van der Waals surface area contributed by atoms with Crippen molar-refractivity contribution in [3.05, 3.63) is 35.1 Å². The zero-order valence-electron chi connectivity index (χ0n) is 8.87. The molecule has 0 radical (unpaired) electrons. The third kappa shape index (κ3) is 3.18. The second-order valence-electron chi connectivity index (χ2n) is 4.29. The van der Waals surface area contributed by atoms with E-state index in [0.717, 1.165) is 23.5 Å². The van der Waals surface area contributed by atoms with Crippen LogP contribution in [0.1, 0.15) is 36.4 Å². The minimum atomic E-state index is -0.183. The van der Waals surface area contributed by atoms with Crippen molar-refractivity contribution in [1.82, 2.24) is 0 Å². The van der Waals surface area contributed by atoms with E-state index in [2.05, 4.69) is 0 Å². The smallest absolute Gasteiger partial charge is 0.123 e. The summed E-state index contributed by atoms with van der Waals surface area (Å²) in [5, 5.41) is 0. The van der Waals surface area contributed by atoms with Gasteiger partial charge in [-0.2, -0.15) is 0 Å². The highest BCUT2D eigenvalue weighted by atomic mass is 35.5. The summed E-state index contributed by atoms with van der Waals surface area (Å²) in [5.41, 5.74) is 8.11. The number of hydrogen-bond acceptors (Lipinski definition) is 1. The topological polar surface area (TPSA) is 26.0 Å². The average Bonchev–Trinajstić information content (AvgIpc) is 2.93. The van der Waals surface area contributed by atoms with Crippen molar-refractivity contribution in [1.29, 1.82) is 0 Å². The van der Waals surface area contributed by atoms with Gasteiger partial charge in [0.2, 0.25) is 0 Å². The van der Waals surface area contributed by atoms with Crippen molar-refractivity contribution in [2.75, 3.05) is 0 Å². The molecule has 0 spiro atoms. The van der Waals surface area contributed by atoms with Crippen LogP contribution >= 0.6 is 12.4 Å². The van der Waals surface area contributed by atoms with Crippen LogP contribution < -0.4 is 5.73 Å². The number of aryl methyl sites for hydroxylation is 1. The van der Waals surface area contributed by atoms with Gasteiger partial charge in [-0.15, -0.1) is 12.4 Å². The highest BCUT2D eigenvalue weighted by Crippen LogP contribution is 2.37. The molecule has 1 aliphatic carbocycles. The van der Waals surface area contributed by atoms with Crippen LogP contribution in [-0.4, -0.2) is 0 Å². The Morgan fingerprint density at radius 1 is 1.47 bits per heavy atom. The maximum atomic E-state index is 13.0. The summed E-state index contributed by atoms with van der Waals surface area (Å²) < 4.78 is 13.0. The van der Waals surface area contributed by atoms with E-state index in [9.17, 15) is 4.39 Å². The molecule has 1 atom stereocenters. The Kier molecular flexibility index (Phi) is 4.12. The molecule has 0 amide bonds. The van der Waals surface area contributed by atoms with Crippen LogP contribution in [0.4, 0.5) is 4.39 Å². The van der Waals surface area contributed by atoms with Crippen LogP contribution in [0.2, 0.25) is 0 Å². The highest BCUT2D eigenvalue weighted by Gasteiger charge is 2.25. The molecule has 3 heteroatoms. The molecule has 1 saturated carbocycles. The van der Waals surface area contributed by atoms with Crippen molar-refractivity contribution < 1.29 is 4.39 Å². The van der Waals surface area contributed by atoms with Crippen molar-refractivity contribution in [2.45, 2.75) is 32.2 Å². The van der Waals surface area contributed by atoms with Crippen LogP contribution in [-0.2, 0) is 0 Å². The molecule has 0 saturated heterocycles. The average molecular weight is 230 g/mol. The molecule has 1 aliphatic rings. The van der Waals surface area contributed by atoms with E-state index in [1.165, 1.54) is 18.9 Å². The van der Waals surface area contributed by atoms with Crippen LogP contribution in [0.5, 0.6) is 0 Å². The number of hydrogen-bond donors (Lipinski definition) is 1. The van der Waals surface area contributed by atoms with Gasteiger partial charge in [0.25, 0.3) is 0 Å². The standard InChI is InChI=1S/C12H16FN.ClH/c1-8-2-5-10(13)7-11(8)12(14)6-9-3-4-9;/h2,5,7,9,12H,3-4,6,14H2,1H3;1H/t12-;/m0./s1. The van der Waals surface area contributed by atoms with Crippen molar-refractivity contribution in [3.63, 3.8) is 0 Å². The fourth-order valence-electron chi connectivity index (χ4n) is 1.85. The molecular formula is C12H17ClFN. The predicted molar refractivity (Wildman–Crippen MR) is 62.7 cm³/mol. The third-order valence-electron chi connectivity index (χ3n) is 2.92. The van der Waals surface area contributed by atoms with Gasteiger partial charge in [-0.1, -0.05) is 18.9 Å². The zero-order valence-corrected chi connectivity index (χ0v) is 9.69. The second-order valence-corrected chi connectivity index (χ2v) is 4.29. The molecule has 0 bridgehead atoms. The minimum Gasteiger partial charge on any atom is -0.324 e. The fourth-order valence-corrected chi connectivity index (χ4v) is 1.85. The first-order valence-corrected chi connectivity index (χ1v) is 5.18. The molecule has 0 aromatic heterocycles. The first kappa shape index (κ1) is 12.5. The van der Waals surface area contributed by atoms with Crippen LogP contribution in [0, 0.1) is 18.7 Å². The maximum absolute atomic E-state index is 13.0. The molecule has 15 heavy (non-hydrogen) atoms. The first-order chi connectivity index (χ1) is 6.66. The number of nitrogens with two attached hydrogens (primary N) is 1.